The molecule has 2 rings (SSSR count). The normalized spacial score (nSPS) is 11.8. The molecule has 0 fully saturated rings. The van der Waals surface area contributed by atoms with Gasteiger partial charge in [0.2, 0.25) is 5.91 Å². The molecule has 8 heteroatoms. The number of ketones is 1. The molecule has 37 heavy (non-hydrogen) atoms. The highest BCUT2D eigenvalue weighted by Gasteiger charge is 2.25. The molecule has 2 atom stereocenters. The van der Waals surface area contributed by atoms with Crippen molar-refractivity contribution in [3.8, 4) is 23.7 Å². The molecule has 2 aromatic carbocycles. The van der Waals surface area contributed by atoms with E-state index in [1.807, 2.05) is 26.2 Å². The lowest BCUT2D eigenvalue weighted by Gasteiger charge is -2.19. The molecule has 0 aliphatic rings. The topological polar surface area (TPSA) is 119 Å². The van der Waals surface area contributed by atoms with E-state index in [0.29, 0.717) is 12.0 Å². The summed E-state index contributed by atoms with van der Waals surface area (Å²) in [5.41, 5.74) is 2.41. The number of aliphatic hydroxyl groups is 2. The fraction of sp³-hybridized carbons (Fsp3) is 0.345. The van der Waals surface area contributed by atoms with Crippen LogP contribution in [0.15, 0.2) is 48.5 Å². The molecule has 2 amide bonds. The number of nitrogens with one attached hydrogen (secondary N) is 2. The Bertz CT molecular complexity index is 1180. The van der Waals surface area contributed by atoms with E-state index in [-0.39, 0.29) is 11.5 Å². The number of unbranched alkanes of at least 4 members (excludes halogenated alkanes) is 1. The predicted octanol–water partition coefficient (Wildman–Crippen LogP) is 1.80. The summed E-state index contributed by atoms with van der Waals surface area (Å²) >= 11 is 0. The van der Waals surface area contributed by atoms with Crippen LogP contribution in [-0.2, 0) is 9.59 Å². The molecule has 2 aromatic rings. The van der Waals surface area contributed by atoms with Crippen LogP contribution in [0.2, 0.25) is 0 Å². The Morgan fingerprint density at radius 1 is 0.919 bits per heavy atom. The smallest absolute Gasteiger partial charge is 0.251 e. The van der Waals surface area contributed by atoms with Gasteiger partial charge < -0.3 is 25.7 Å². The zero-order valence-electron chi connectivity index (χ0n) is 21.4. The minimum Gasteiger partial charge on any atom is -0.391 e. The van der Waals surface area contributed by atoms with Gasteiger partial charge in [0.1, 0.15) is 12.6 Å². The number of aliphatic hydroxyl groups excluding tert-OH is 2. The summed E-state index contributed by atoms with van der Waals surface area (Å²) in [6.45, 7) is 1.55. The number of carbonyl (C=O) groups is 3. The number of hydrogen-bond acceptors (Lipinski definition) is 6. The number of nitrogens with zero attached hydrogens (tertiary/aromatic N) is 1. The summed E-state index contributed by atoms with van der Waals surface area (Å²) in [4.78, 5) is 38.1. The lowest BCUT2D eigenvalue weighted by molar-refractivity contribution is -0.126. The molecule has 0 bridgehead atoms. The third-order valence-electron chi connectivity index (χ3n) is 5.32. The molecule has 0 radical (unpaired) electrons. The molecular formula is C29H33N3O5. The van der Waals surface area contributed by atoms with Crippen molar-refractivity contribution < 1.29 is 24.6 Å². The van der Waals surface area contributed by atoms with Crippen LogP contribution in [0.4, 0.5) is 5.69 Å². The summed E-state index contributed by atoms with van der Waals surface area (Å²) in [6, 6.07) is 12.4. The standard InChI is InChI=1S/C29H33N3O5/c1-21(34)28(26(35)20-33)31-29(37)24-15-11-22(12-16-24)8-4-5-9-23-13-17-25(18-14-23)30-27(36)10-6-7-19-32(2)3/h11-18,21,28,33-34H,6-7,10,19-20H2,1-3H3,(H,30,36)(H,31,37)/t21-,28+/m1/s1. The Hall–Kier alpha value is -3.95. The van der Waals surface area contributed by atoms with E-state index in [1.54, 1.807) is 36.4 Å². The summed E-state index contributed by atoms with van der Waals surface area (Å²) < 4.78 is 0. The maximum atomic E-state index is 12.3. The van der Waals surface area contributed by atoms with Gasteiger partial charge in [0.05, 0.1) is 6.10 Å². The van der Waals surface area contributed by atoms with E-state index in [1.165, 1.54) is 6.92 Å². The molecule has 4 N–H and O–H groups in total. The lowest BCUT2D eigenvalue weighted by Crippen LogP contribution is -2.48. The van der Waals surface area contributed by atoms with Crippen molar-refractivity contribution in [1.82, 2.24) is 10.2 Å². The van der Waals surface area contributed by atoms with Crippen LogP contribution in [-0.4, -0.2) is 72.1 Å². The Morgan fingerprint density at radius 2 is 1.49 bits per heavy atom. The van der Waals surface area contributed by atoms with Crippen molar-refractivity contribution in [2.24, 2.45) is 0 Å². The summed E-state index contributed by atoms with van der Waals surface area (Å²) in [6.07, 6.45) is 1.18. The van der Waals surface area contributed by atoms with Crippen molar-refractivity contribution >= 4 is 23.3 Å². The van der Waals surface area contributed by atoms with Gasteiger partial charge in [-0.3, -0.25) is 14.4 Å². The molecule has 0 heterocycles. The van der Waals surface area contributed by atoms with Crippen LogP contribution in [0, 0.1) is 23.7 Å². The fourth-order valence-corrected chi connectivity index (χ4v) is 3.28. The van der Waals surface area contributed by atoms with Crippen molar-refractivity contribution in [3.05, 3.63) is 65.2 Å². The zero-order chi connectivity index (χ0) is 27.2. The minimum absolute atomic E-state index is 0.00613. The van der Waals surface area contributed by atoms with Crippen molar-refractivity contribution in [2.75, 3.05) is 32.6 Å². The molecule has 0 aromatic heterocycles. The van der Waals surface area contributed by atoms with E-state index < -0.39 is 30.4 Å². The first-order valence-electron chi connectivity index (χ1n) is 12.0. The van der Waals surface area contributed by atoms with E-state index in [4.69, 9.17) is 5.11 Å². The average Bonchev–Trinajstić information content (AvgIpc) is 2.88. The molecule has 0 spiro atoms. The highest BCUT2D eigenvalue weighted by Crippen LogP contribution is 2.10. The van der Waals surface area contributed by atoms with Gasteiger partial charge in [-0.15, -0.1) is 0 Å². The van der Waals surface area contributed by atoms with Gasteiger partial charge in [-0.1, -0.05) is 11.8 Å². The maximum absolute atomic E-state index is 12.3. The summed E-state index contributed by atoms with van der Waals surface area (Å²) in [5, 5.41) is 23.9. The van der Waals surface area contributed by atoms with E-state index in [9.17, 15) is 19.5 Å². The molecule has 8 nitrogen and oxygen atoms in total. The lowest BCUT2D eigenvalue weighted by atomic mass is 10.1. The van der Waals surface area contributed by atoms with Crippen molar-refractivity contribution in [3.63, 3.8) is 0 Å². The third kappa shape index (κ3) is 10.7. The summed E-state index contributed by atoms with van der Waals surface area (Å²) in [7, 11) is 4.03. The second-order valence-corrected chi connectivity index (χ2v) is 8.78. The molecule has 0 aliphatic heterocycles. The Morgan fingerprint density at radius 3 is 2.00 bits per heavy atom. The van der Waals surface area contributed by atoms with E-state index >= 15 is 0 Å². The second-order valence-electron chi connectivity index (χ2n) is 8.78. The number of Topliss-reactive ketones (excluding diaryl/α,β-unsaturated/α-hetero) is 1. The highest BCUT2D eigenvalue weighted by molar-refractivity contribution is 5.98. The van der Waals surface area contributed by atoms with Gasteiger partial charge in [-0.2, -0.15) is 0 Å². The number of benzene rings is 2. The molecule has 0 unspecified atom stereocenters. The van der Waals surface area contributed by atoms with Crippen LogP contribution >= 0.6 is 0 Å². The minimum atomic E-state index is -1.18. The van der Waals surface area contributed by atoms with Crippen molar-refractivity contribution in [1.29, 1.82) is 0 Å². The Kier molecular flexibility index (Phi) is 12.0. The molecule has 194 valence electrons. The van der Waals surface area contributed by atoms with E-state index in [2.05, 4.69) is 39.2 Å². The van der Waals surface area contributed by atoms with E-state index in [0.717, 1.165) is 30.6 Å². The van der Waals surface area contributed by atoms with Gasteiger partial charge in [-0.05, 0) is 101 Å². The predicted molar refractivity (Wildman–Crippen MR) is 143 cm³/mol. The summed E-state index contributed by atoms with van der Waals surface area (Å²) in [5.74, 6) is 10.2. The molecule has 0 aliphatic carbocycles. The SMILES string of the molecule is C[C@@H](O)[C@H](NC(=O)c1ccc(C#CC#Cc2ccc(NC(=O)CCCCN(C)C)cc2)cc1)C(=O)CO. The first kappa shape index (κ1) is 29.3. The Labute approximate surface area is 218 Å². The van der Waals surface area contributed by atoms with Gasteiger partial charge in [0, 0.05) is 28.8 Å². The van der Waals surface area contributed by atoms with Crippen LogP contribution in [0.5, 0.6) is 0 Å². The zero-order valence-corrected chi connectivity index (χ0v) is 21.4. The highest BCUT2D eigenvalue weighted by atomic mass is 16.3. The number of amides is 2. The first-order chi connectivity index (χ1) is 17.7. The Balaban J connectivity index is 1.88. The first-order valence-corrected chi connectivity index (χ1v) is 12.0. The van der Waals surface area contributed by atoms with Gasteiger partial charge in [0.25, 0.3) is 5.91 Å². The number of carbonyl (C=O) groups excluding carboxylic acids is 3. The molecule has 0 saturated heterocycles. The van der Waals surface area contributed by atoms with Crippen molar-refractivity contribution in [2.45, 2.75) is 38.3 Å². The average molecular weight is 504 g/mol. The number of hydrogen-bond donors (Lipinski definition) is 4. The number of rotatable bonds is 11. The van der Waals surface area contributed by atoms with Crippen LogP contribution in [0.1, 0.15) is 47.7 Å². The van der Waals surface area contributed by atoms with Gasteiger partial charge >= 0.3 is 0 Å². The van der Waals surface area contributed by atoms with Crippen LogP contribution in [0.25, 0.3) is 0 Å². The number of anilines is 1. The van der Waals surface area contributed by atoms with Crippen LogP contribution < -0.4 is 10.6 Å². The molecular weight excluding hydrogens is 470 g/mol. The monoisotopic (exact) mass is 503 g/mol. The third-order valence-corrected chi connectivity index (χ3v) is 5.32. The van der Waals surface area contributed by atoms with Gasteiger partial charge in [-0.25, -0.2) is 0 Å². The molecule has 0 saturated carbocycles. The van der Waals surface area contributed by atoms with Gasteiger partial charge in [0.15, 0.2) is 5.78 Å². The van der Waals surface area contributed by atoms with Crippen LogP contribution in [0.3, 0.4) is 0 Å². The quantitative estimate of drug-likeness (QED) is 0.274. The second kappa shape index (κ2) is 15.2. The maximum Gasteiger partial charge on any atom is 0.251 e. The largest absolute Gasteiger partial charge is 0.391 e. The fourth-order valence-electron chi connectivity index (χ4n) is 3.28.